The molecule has 5 nitrogen and oxygen atoms in total. The van der Waals surface area contributed by atoms with Crippen molar-refractivity contribution >= 4 is 29.9 Å². The number of halogens is 2. The van der Waals surface area contributed by atoms with E-state index in [1.165, 1.54) is 0 Å². The number of amides is 1. The second-order valence-corrected chi connectivity index (χ2v) is 8.15. The van der Waals surface area contributed by atoms with Crippen LogP contribution in [0.15, 0.2) is 61.1 Å². The van der Waals surface area contributed by atoms with Crippen molar-refractivity contribution in [2.75, 3.05) is 13.1 Å². The molecule has 1 amide bonds. The van der Waals surface area contributed by atoms with Gasteiger partial charge in [-0.3, -0.25) is 4.79 Å². The Hall–Kier alpha value is -2.81. The molecule has 0 unspecified atom stereocenters. The van der Waals surface area contributed by atoms with Gasteiger partial charge in [-0.1, -0.05) is 35.9 Å². The maximum atomic E-state index is 12.8. The highest BCUT2D eigenvalue weighted by atomic mass is 35.5. The number of nitriles is 1. The van der Waals surface area contributed by atoms with Crippen LogP contribution in [-0.2, 0) is 13.0 Å². The standard InChI is InChI=1S/C24H23ClN4O.ClH/c25-23-4-2-1-3-22(23)24(30)28-11-9-20(10-12-28)16-29-17-27-15-21(29)13-18-5-7-19(14-26)8-6-18;/h1-8,15,17,20H,9-13,16H2;1H. The van der Waals surface area contributed by atoms with Crippen LogP contribution in [-0.4, -0.2) is 33.4 Å². The van der Waals surface area contributed by atoms with E-state index in [1.54, 1.807) is 12.1 Å². The Morgan fingerprint density at radius 2 is 1.84 bits per heavy atom. The van der Waals surface area contributed by atoms with Crippen LogP contribution >= 0.6 is 24.0 Å². The first-order chi connectivity index (χ1) is 14.6. The molecule has 1 saturated heterocycles. The minimum Gasteiger partial charge on any atom is -0.339 e. The molecule has 31 heavy (non-hydrogen) atoms. The van der Waals surface area contributed by atoms with Crippen molar-refractivity contribution in [3.8, 4) is 6.07 Å². The number of benzene rings is 2. The smallest absolute Gasteiger partial charge is 0.255 e. The third kappa shape index (κ3) is 5.46. The van der Waals surface area contributed by atoms with Crippen LogP contribution < -0.4 is 0 Å². The van der Waals surface area contributed by atoms with Crippen molar-refractivity contribution in [1.29, 1.82) is 5.26 Å². The van der Waals surface area contributed by atoms with Crippen LogP contribution in [0.5, 0.6) is 0 Å². The highest BCUT2D eigenvalue weighted by molar-refractivity contribution is 6.33. The zero-order valence-corrected chi connectivity index (χ0v) is 18.6. The predicted molar refractivity (Wildman–Crippen MR) is 124 cm³/mol. The molecule has 0 N–H and O–H groups in total. The van der Waals surface area contributed by atoms with Crippen molar-refractivity contribution in [2.24, 2.45) is 5.92 Å². The van der Waals surface area contributed by atoms with Crippen molar-refractivity contribution < 1.29 is 4.79 Å². The van der Waals surface area contributed by atoms with Gasteiger partial charge in [0.1, 0.15) is 0 Å². The number of carbonyl (C=O) groups excluding carboxylic acids is 1. The maximum absolute atomic E-state index is 12.8. The van der Waals surface area contributed by atoms with Gasteiger partial charge in [0.05, 0.1) is 28.5 Å². The van der Waals surface area contributed by atoms with Crippen molar-refractivity contribution in [1.82, 2.24) is 14.5 Å². The number of hydrogen-bond acceptors (Lipinski definition) is 3. The Kier molecular flexibility index (Phi) is 7.73. The van der Waals surface area contributed by atoms with E-state index in [-0.39, 0.29) is 18.3 Å². The van der Waals surface area contributed by atoms with Gasteiger partial charge in [0, 0.05) is 37.9 Å². The lowest BCUT2D eigenvalue weighted by atomic mass is 9.96. The van der Waals surface area contributed by atoms with E-state index < -0.39 is 0 Å². The van der Waals surface area contributed by atoms with E-state index in [4.69, 9.17) is 16.9 Å². The average Bonchev–Trinajstić information content (AvgIpc) is 3.21. The lowest BCUT2D eigenvalue weighted by Gasteiger charge is -2.32. The Bertz CT molecular complexity index is 1060. The number of nitrogens with zero attached hydrogens (tertiary/aromatic N) is 4. The summed E-state index contributed by atoms with van der Waals surface area (Å²) >= 11 is 6.19. The zero-order chi connectivity index (χ0) is 20.9. The van der Waals surface area contributed by atoms with E-state index in [9.17, 15) is 4.79 Å². The summed E-state index contributed by atoms with van der Waals surface area (Å²) in [7, 11) is 0. The molecule has 2 heterocycles. The fraction of sp³-hybridized carbons (Fsp3) is 0.292. The molecule has 1 aliphatic rings. The van der Waals surface area contributed by atoms with Crippen LogP contribution in [0.4, 0.5) is 0 Å². The molecule has 1 aliphatic heterocycles. The van der Waals surface area contributed by atoms with Gasteiger partial charge in [-0.25, -0.2) is 4.98 Å². The monoisotopic (exact) mass is 454 g/mol. The van der Waals surface area contributed by atoms with Crippen LogP contribution in [0, 0.1) is 17.2 Å². The molecule has 0 radical (unpaired) electrons. The number of piperidine rings is 1. The first kappa shape index (κ1) is 22.9. The van der Waals surface area contributed by atoms with Gasteiger partial charge >= 0.3 is 0 Å². The molecular weight excluding hydrogens is 431 g/mol. The molecule has 1 aromatic heterocycles. The Balaban J connectivity index is 0.00000272. The average molecular weight is 455 g/mol. The van der Waals surface area contributed by atoms with Gasteiger partial charge in [0.15, 0.2) is 0 Å². The minimum absolute atomic E-state index is 0. The van der Waals surface area contributed by atoms with E-state index in [1.807, 2.05) is 53.8 Å². The third-order valence-electron chi connectivity index (χ3n) is 5.73. The summed E-state index contributed by atoms with van der Waals surface area (Å²) in [6.45, 7) is 2.39. The molecular formula is C24H24Cl2N4O. The highest BCUT2D eigenvalue weighted by Crippen LogP contribution is 2.24. The Morgan fingerprint density at radius 3 is 2.52 bits per heavy atom. The largest absolute Gasteiger partial charge is 0.339 e. The van der Waals surface area contributed by atoms with Crippen LogP contribution in [0.1, 0.15) is 40.0 Å². The molecule has 4 rings (SSSR count). The van der Waals surface area contributed by atoms with Gasteiger partial charge in [0.25, 0.3) is 5.91 Å². The molecule has 3 aromatic rings. The van der Waals surface area contributed by atoms with E-state index in [0.717, 1.165) is 50.2 Å². The molecule has 0 spiro atoms. The minimum atomic E-state index is 0. The summed E-state index contributed by atoms with van der Waals surface area (Å²) in [5.41, 5.74) is 3.58. The predicted octanol–water partition coefficient (Wildman–Crippen LogP) is 4.97. The molecule has 1 fully saturated rings. The molecule has 0 bridgehead atoms. The summed E-state index contributed by atoms with van der Waals surface area (Å²) in [6.07, 6.45) is 6.51. The van der Waals surface area contributed by atoms with Crippen LogP contribution in [0.25, 0.3) is 0 Å². The molecule has 160 valence electrons. The third-order valence-corrected chi connectivity index (χ3v) is 6.06. The molecule has 0 atom stereocenters. The highest BCUT2D eigenvalue weighted by Gasteiger charge is 2.25. The zero-order valence-electron chi connectivity index (χ0n) is 17.1. The second kappa shape index (κ2) is 10.5. The lowest BCUT2D eigenvalue weighted by molar-refractivity contribution is 0.0682. The van der Waals surface area contributed by atoms with Crippen molar-refractivity contribution in [3.05, 3.63) is 88.5 Å². The summed E-state index contributed by atoms with van der Waals surface area (Å²) < 4.78 is 2.22. The maximum Gasteiger partial charge on any atom is 0.255 e. The van der Waals surface area contributed by atoms with Crippen LogP contribution in [0.3, 0.4) is 0 Å². The second-order valence-electron chi connectivity index (χ2n) is 7.74. The summed E-state index contributed by atoms with van der Waals surface area (Å²) in [5, 5.41) is 9.46. The van der Waals surface area contributed by atoms with Gasteiger partial charge in [-0.15, -0.1) is 12.4 Å². The number of imidazole rings is 1. The fourth-order valence-electron chi connectivity index (χ4n) is 3.97. The van der Waals surface area contributed by atoms with Crippen molar-refractivity contribution in [2.45, 2.75) is 25.8 Å². The fourth-order valence-corrected chi connectivity index (χ4v) is 4.18. The molecule has 2 aromatic carbocycles. The number of likely N-dealkylation sites (tertiary alicyclic amines) is 1. The summed E-state index contributed by atoms with van der Waals surface area (Å²) in [6, 6.07) is 17.1. The first-order valence-electron chi connectivity index (χ1n) is 10.2. The number of aromatic nitrogens is 2. The van der Waals surface area contributed by atoms with Gasteiger partial charge in [-0.2, -0.15) is 5.26 Å². The lowest BCUT2D eigenvalue weighted by Crippen LogP contribution is -2.39. The molecule has 0 saturated carbocycles. The number of hydrogen-bond donors (Lipinski definition) is 0. The number of carbonyl (C=O) groups is 1. The SMILES string of the molecule is Cl.N#Cc1ccc(Cc2cncn2CC2CCN(C(=O)c3ccccc3Cl)CC2)cc1. The Morgan fingerprint density at radius 1 is 1.13 bits per heavy atom. The quantitative estimate of drug-likeness (QED) is 0.546. The van der Waals surface area contributed by atoms with E-state index in [0.29, 0.717) is 22.1 Å². The van der Waals surface area contributed by atoms with Gasteiger partial charge in [0.2, 0.25) is 0 Å². The summed E-state index contributed by atoms with van der Waals surface area (Å²) in [5.74, 6) is 0.525. The van der Waals surface area contributed by atoms with E-state index in [2.05, 4.69) is 15.6 Å². The first-order valence-corrected chi connectivity index (χ1v) is 10.5. The normalized spacial score (nSPS) is 14.0. The van der Waals surface area contributed by atoms with Crippen molar-refractivity contribution in [3.63, 3.8) is 0 Å². The van der Waals surface area contributed by atoms with Gasteiger partial charge in [-0.05, 0) is 48.6 Å². The van der Waals surface area contributed by atoms with E-state index >= 15 is 0 Å². The topological polar surface area (TPSA) is 61.9 Å². The van der Waals surface area contributed by atoms with Gasteiger partial charge < -0.3 is 9.47 Å². The number of rotatable bonds is 5. The molecule has 0 aliphatic carbocycles. The Labute approximate surface area is 193 Å². The molecule has 7 heteroatoms. The van der Waals surface area contributed by atoms with Crippen LogP contribution in [0.2, 0.25) is 5.02 Å². The summed E-state index contributed by atoms with van der Waals surface area (Å²) in [4.78, 5) is 19.0.